The predicted octanol–water partition coefficient (Wildman–Crippen LogP) is 4.18. The van der Waals surface area contributed by atoms with Gasteiger partial charge in [0.1, 0.15) is 5.60 Å². The molecule has 3 heterocycles. The van der Waals surface area contributed by atoms with Crippen LogP contribution in [-0.2, 0) is 30.0 Å². The van der Waals surface area contributed by atoms with Gasteiger partial charge in [-0.1, -0.05) is 6.07 Å². The molecule has 5 rings (SSSR count). The summed E-state index contributed by atoms with van der Waals surface area (Å²) in [6, 6.07) is 5.58. The van der Waals surface area contributed by atoms with Crippen LogP contribution >= 0.6 is 0 Å². The van der Waals surface area contributed by atoms with Crippen molar-refractivity contribution in [1.82, 2.24) is 9.80 Å². The highest BCUT2D eigenvalue weighted by atomic mass is 19.4. The van der Waals surface area contributed by atoms with E-state index in [1.54, 1.807) is 17.9 Å². The minimum absolute atomic E-state index is 0.0398. The van der Waals surface area contributed by atoms with Gasteiger partial charge in [0, 0.05) is 69.4 Å². The molecule has 1 aromatic rings. The maximum absolute atomic E-state index is 13.8. The van der Waals surface area contributed by atoms with Crippen molar-refractivity contribution in [2.75, 3.05) is 50.8 Å². The van der Waals surface area contributed by atoms with Gasteiger partial charge in [-0.2, -0.15) is 13.2 Å². The number of hydrogen-bond acceptors (Lipinski definition) is 7. The Hall–Kier alpha value is -3.08. The zero-order valence-electron chi connectivity index (χ0n) is 23.7. The highest BCUT2D eigenvalue weighted by Crippen LogP contribution is 2.43. The SMILES string of the molecule is CCOC(=O)C1CCC(N2CCC3(CC2)OC(=O)C(C)=C3C(=O)N2CCN(c3cccc(C(F)(F)F)c3)CC2)CC1. The van der Waals surface area contributed by atoms with Crippen LogP contribution in [0.25, 0.3) is 0 Å². The molecular weight excluding hydrogens is 539 g/mol. The van der Waals surface area contributed by atoms with Crippen LogP contribution < -0.4 is 4.90 Å². The number of likely N-dealkylation sites (tertiary alicyclic amines) is 1. The number of carbonyl (C=O) groups excluding carboxylic acids is 3. The number of hydrogen-bond donors (Lipinski definition) is 0. The molecule has 11 heteroatoms. The highest BCUT2D eigenvalue weighted by Gasteiger charge is 2.52. The van der Waals surface area contributed by atoms with Crippen molar-refractivity contribution in [3.63, 3.8) is 0 Å². The van der Waals surface area contributed by atoms with Crippen molar-refractivity contribution < 1.29 is 37.0 Å². The smallest absolute Gasteiger partial charge is 0.416 e. The first-order valence-corrected chi connectivity index (χ1v) is 14.6. The molecule has 0 radical (unpaired) electrons. The minimum atomic E-state index is -4.42. The number of piperidine rings is 1. The van der Waals surface area contributed by atoms with Crippen LogP contribution in [0.2, 0.25) is 0 Å². The Balaban J connectivity index is 1.20. The molecule has 0 N–H and O–H groups in total. The summed E-state index contributed by atoms with van der Waals surface area (Å²) in [5, 5.41) is 0. The van der Waals surface area contributed by atoms with Crippen LogP contribution in [0.3, 0.4) is 0 Å². The lowest BCUT2D eigenvalue weighted by atomic mass is 9.80. The summed E-state index contributed by atoms with van der Waals surface area (Å²) in [5.74, 6) is -0.831. The second-order valence-electron chi connectivity index (χ2n) is 11.5. The Kier molecular flexibility index (Phi) is 8.36. The van der Waals surface area contributed by atoms with E-state index in [0.29, 0.717) is 81.6 Å². The van der Waals surface area contributed by atoms with Crippen molar-refractivity contribution in [1.29, 1.82) is 0 Å². The van der Waals surface area contributed by atoms with E-state index in [1.165, 1.54) is 6.07 Å². The number of amides is 1. The molecule has 1 spiro atoms. The molecule has 4 aliphatic rings. The Morgan fingerprint density at radius 2 is 1.68 bits per heavy atom. The van der Waals surface area contributed by atoms with E-state index < -0.39 is 23.3 Å². The summed E-state index contributed by atoms with van der Waals surface area (Å²) >= 11 is 0. The zero-order valence-corrected chi connectivity index (χ0v) is 23.7. The second-order valence-corrected chi connectivity index (χ2v) is 11.5. The maximum Gasteiger partial charge on any atom is 0.416 e. The number of carbonyl (C=O) groups is 3. The number of benzene rings is 1. The van der Waals surface area contributed by atoms with Crippen molar-refractivity contribution >= 4 is 23.5 Å². The first-order chi connectivity index (χ1) is 19.5. The summed E-state index contributed by atoms with van der Waals surface area (Å²) in [4.78, 5) is 44.6. The molecule has 1 saturated carbocycles. The number of esters is 2. The lowest BCUT2D eigenvalue weighted by Gasteiger charge is -2.45. The van der Waals surface area contributed by atoms with Gasteiger partial charge in [0.25, 0.3) is 5.91 Å². The van der Waals surface area contributed by atoms with Crippen molar-refractivity contribution in [2.24, 2.45) is 5.92 Å². The van der Waals surface area contributed by atoms with Crippen LogP contribution in [0, 0.1) is 5.92 Å². The normalized spacial score (nSPS) is 25.4. The van der Waals surface area contributed by atoms with Gasteiger partial charge >= 0.3 is 18.1 Å². The topological polar surface area (TPSA) is 79.4 Å². The molecule has 1 aromatic carbocycles. The van der Waals surface area contributed by atoms with Gasteiger partial charge in [-0.15, -0.1) is 0 Å². The molecule has 1 amide bonds. The third kappa shape index (κ3) is 5.96. The molecule has 8 nitrogen and oxygen atoms in total. The number of piperazine rings is 1. The number of halogens is 3. The fraction of sp³-hybridized carbons (Fsp3) is 0.633. The van der Waals surface area contributed by atoms with Crippen LogP contribution in [0.5, 0.6) is 0 Å². The summed E-state index contributed by atoms with van der Waals surface area (Å²) < 4.78 is 50.6. The Labute approximate surface area is 238 Å². The minimum Gasteiger partial charge on any atom is -0.466 e. The summed E-state index contributed by atoms with van der Waals surface area (Å²) in [6.45, 7) is 6.70. The van der Waals surface area contributed by atoms with E-state index in [4.69, 9.17) is 9.47 Å². The van der Waals surface area contributed by atoms with Crippen molar-refractivity contribution in [3.05, 3.63) is 41.0 Å². The fourth-order valence-corrected chi connectivity index (χ4v) is 6.85. The molecule has 0 aromatic heterocycles. The number of anilines is 1. The van der Waals surface area contributed by atoms with Gasteiger partial charge in [-0.25, -0.2) is 4.79 Å². The molecule has 2 saturated heterocycles. The molecule has 3 aliphatic heterocycles. The summed E-state index contributed by atoms with van der Waals surface area (Å²) in [6.07, 6.45) is 0.0575. The zero-order chi connectivity index (χ0) is 29.4. The molecule has 224 valence electrons. The Bertz CT molecular complexity index is 1190. The van der Waals surface area contributed by atoms with E-state index in [1.807, 2.05) is 11.8 Å². The van der Waals surface area contributed by atoms with Crippen LogP contribution in [0.4, 0.5) is 18.9 Å². The predicted molar refractivity (Wildman–Crippen MR) is 145 cm³/mol. The molecule has 0 bridgehead atoms. The molecule has 3 fully saturated rings. The summed E-state index contributed by atoms with van der Waals surface area (Å²) in [7, 11) is 0. The molecular formula is C30H38F3N3O5. The third-order valence-corrected chi connectivity index (χ3v) is 9.18. The van der Waals surface area contributed by atoms with Gasteiger partial charge in [-0.3, -0.25) is 9.59 Å². The fourth-order valence-electron chi connectivity index (χ4n) is 6.85. The van der Waals surface area contributed by atoms with Gasteiger partial charge in [0.2, 0.25) is 0 Å². The van der Waals surface area contributed by atoms with E-state index in [2.05, 4.69) is 4.90 Å². The van der Waals surface area contributed by atoms with E-state index in [9.17, 15) is 27.6 Å². The first-order valence-electron chi connectivity index (χ1n) is 14.6. The van der Waals surface area contributed by atoms with Crippen LogP contribution in [-0.4, -0.2) is 85.2 Å². The van der Waals surface area contributed by atoms with Gasteiger partial charge in [-0.05, 0) is 57.7 Å². The largest absolute Gasteiger partial charge is 0.466 e. The lowest BCUT2D eigenvalue weighted by Crippen LogP contribution is -2.54. The molecule has 0 atom stereocenters. The average Bonchev–Trinajstić information content (AvgIpc) is 3.21. The number of rotatable bonds is 5. The summed E-state index contributed by atoms with van der Waals surface area (Å²) in [5.41, 5.74) is -0.396. The van der Waals surface area contributed by atoms with E-state index >= 15 is 0 Å². The van der Waals surface area contributed by atoms with Gasteiger partial charge < -0.3 is 24.2 Å². The third-order valence-electron chi connectivity index (χ3n) is 9.18. The number of alkyl halides is 3. The molecule has 0 unspecified atom stereocenters. The monoisotopic (exact) mass is 577 g/mol. The van der Waals surface area contributed by atoms with Crippen molar-refractivity contribution in [2.45, 2.75) is 70.2 Å². The van der Waals surface area contributed by atoms with Gasteiger partial charge in [0.15, 0.2) is 0 Å². The van der Waals surface area contributed by atoms with Crippen LogP contribution in [0.15, 0.2) is 35.4 Å². The average molecular weight is 578 g/mol. The number of nitrogens with zero attached hydrogens (tertiary/aromatic N) is 3. The molecule has 41 heavy (non-hydrogen) atoms. The van der Waals surface area contributed by atoms with Gasteiger partial charge in [0.05, 0.1) is 23.7 Å². The quantitative estimate of drug-likeness (QED) is 0.486. The standard InChI is InChI=1S/C30H38F3N3O5/c1-3-40-28(39)21-7-9-23(10-8-21)34-13-11-29(12-14-34)25(20(2)27(38)41-29)26(37)36-17-15-35(16-18-36)24-6-4-5-22(19-24)30(31,32)33/h4-6,19,21,23H,3,7-18H2,1-2H3. The number of ether oxygens (including phenoxy) is 2. The van der Waals surface area contributed by atoms with E-state index in [0.717, 1.165) is 37.8 Å². The Morgan fingerprint density at radius 1 is 1.02 bits per heavy atom. The second kappa shape index (κ2) is 11.7. The van der Waals surface area contributed by atoms with E-state index in [-0.39, 0.29) is 17.8 Å². The maximum atomic E-state index is 13.8. The highest BCUT2D eigenvalue weighted by molar-refractivity contribution is 6.07. The van der Waals surface area contributed by atoms with Crippen LogP contribution in [0.1, 0.15) is 57.9 Å². The molecule has 1 aliphatic carbocycles. The Morgan fingerprint density at radius 3 is 2.29 bits per heavy atom. The lowest BCUT2D eigenvalue weighted by molar-refractivity contribution is -0.152. The van der Waals surface area contributed by atoms with Crippen molar-refractivity contribution in [3.8, 4) is 0 Å². The first kappa shape index (κ1) is 29.4.